The Morgan fingerprint density at radius 2 is 1.88 bits per heavy atom. The van der Waals surface area contributed by atoms with Crippen molar-refractivity contribution < 1.29 is 9.59 Å². The molecule has 1 fully saturated rings. The number of amides is 2. The van der Waals surface area contributed by atoms with Crippen LogP contribution >= 0.6 is 15.9 Å². The monoisotopic (exact) mass is 296 g/mol. The van der Waals surface area contributed by atoms with Crippen LogP contribution in [-0.2, 0) is 9.59 Å². The summed E-state index contributed by atoms with van der Waals surface area (Å²) in [4.78, 5) is 26.4. The van der Waals surface area contributed by atoms with Crippen molar-refractivity contribution in [2.24, 2.45) is 0 Å². The number of piperazine rings is 1. The molecule has 0 atom stereocenters. The highest BCUT2D eigenvalue weighted by atomic mass is 79.9. The van der Waals surface area contributed by atoms with Gasteiger partial charge < -0.3 is 9.80 Å². The van der Waals surface area contributed by atoms with Crippen LogP contribution in [0.1, 0.15) is 5.56 Å². The SMILES string of the molecule is Cc1ccc(N2CC(=O)N(C)CC2=O)cc1Br. The van der Waals surface area contributed by atoms with Crippen LogP contribution < -0.4 is 4.90 Å². The summed E-state index contributed by atoms with van der Waals surface area (Å²) in [5.41, 5.74) is 1.86. The van der Waals surface area contributed by atoms with Crippen LogP contribution in [-0.4, -0.2) is 36.9 Å². The molecule has 2 amide bonds. The number of hydrogen-bond donors (Lipinski definition) is 0. The van der Waals surface area contributed by atoms with E-state index in [0.29, 0.717) is 0 Å². The zero-order chi connectivity index (χ0) is 12.6. The molecule has 0 aromatic heterocycles. The summed E-state index contributed by atoms with van der Waals surface area (Å²) in [6.07, 6.45) is 0. The smallest absolute Gasteiger partial charge is 0.247 e. The Balaban J connectivity index is 2.30. The van der Waals surface area contributed by atoms with Gasteiger partial charge in [0.1, 0.15) is 6.54 Å². The number of carbonyl (C=O) groups is 2. The van der Waals surface area contributed by atoms with Gasteiger partial charge in [-0.25, -0.2) is 0 Å². The zero-order valence-corrected chi connectivity index (χ0v) is 11.3. The molecule has 1 aliphatic rings. The number of likely N-dealkylation sites (N-methyl/N-ethyl adjacent to an activating group) is 1. The number of anilines is 1. The predicted molar refractivity (Wildman–Crippen MR) is 68.9 cm³/mol. The molecule has 0 radical (unpaired) electrons. The van der Waals surface area contributed by atoms with E-state index in [1.165, 1.54) is 9.80 Å². The van der Waals surface area contributed by atoms with Crippen molar-refractivity contribution >= 4 is 33.4 Å². The van der Waals surface area contributed by atoms with E-state index >= 15 is 0 Å². The van der Waals surface area contributed by atoms with E-state index in [0.717, 1.165) is 15.7 Å². The maximum absolute atomic E-state index is 11.9. The minimum atomic E-state index is -0.0529. The number of halogens is 1. The molecule has 1 aliphatic heterocycles. The van der Waals surface area contributed by atoms with Crippen LogP contribution in [0.5, 0.6) is 0 Å². The van der Waals surface area contributed by atoms with Gasteiger partial charge >= 0.3 is 0 Å². The van der Waals surface area contributed by atoms with Gasteiger partial charge in [0.15, 0.2) is 0 Å². The lowest BCUT2D eigenvalue weighted by molar-refractivity contribution is -0.136. The molecular weight excluding hydrogens is 284 g/mol. The lowest BCUT2D eigenvalue weighted by Gasteiger charge is -2.31. The van der Waals surface area contributed by atoms with Crippen LogP contribution in [0.4, 0.5) is 5.69 Å². The van der Waals surface area contributed by atoms with Gasteiger partial charge in [0, 0.05) is 17.2 Å². The van der Waals surface area contributed by atoms with E-state index < -0.39 is 0 Å². The minimum Gasteiger partial charge on any atom is -0.335 e. The fourth-order valence-corrected chi connectivity index (χ4v) is 2.07. The van der Waals surface area contributed by atoms with Crippen LogP contribution in [0.3, 0.4) is 0 Å². The maximum Gasteiger partial charge on any atom is 0.247 e. The molecule has 1 heterocycles. The molecule has 4 nitrogen and oxygen atoms in total. The largest absolute Gasteiger partial charge is 0.335 e. The molecule has 90 valence electrons. The first-order chi connectivity index (χ1) is 7.99. The third-order valence-electron chi connectivity index (χ3n) is 2.86. The minimum absolute atomic E-state index is 0.0405. The van der Waals surface area contributed by atoms with Crippen molar-refractivity contribution in [3.05, 3.63) is 28.2 Å². The van der Waals surface area contributed by atoms with Gasteiger partial charge in [-0.2, -0.15) is 0 Å². The standard InChI is InChI=1S/C12H13BrN2O2/c1-8-3-4-9(5-10(8)13)15-7-11(16)14(2)6-12(15)17/h3-5H,6-7H2,1-2H3. The fourth-order valence-electron chi connectivity index (χ4n) is 1.71. The highest BCUT2D eigenvalue weighted by molar-refractivity contribution is 9.10. The summed E-state index contributed by atoms with van der Waals surface area (Å²) in [5, 5.41) is 0. The van der Waals surface area contributed by atoms with E-state index in [9.17, 15) is 9.59 Å². The maximum atomic E-state index is 11.9. The van der Waals surface area contributed by atoms with E-state index in [4.69, 9.17) is 0 Å². The van der Waals surface area contributed by atoms with Crippen molar-refractivity contribution in [2.45, 2.75) is 6.92 Å². The quantitative estimate of drug-likeness (QED) is 0.789. The Kier molecular flexibility index (Phi) is 3.19. The molecule has 5 heteroatoms. The van der Waals surface area contributed by atoms with Crippen molar-refractivity contribution in [3.8, 4) is 0 Å². The molecule has 2 rings (SSSR count). The first kappa shape index (κ1) is 12.1. The molecule has 0 aliphatic carbocycles. The van der Waals surface area contributed by atoms with Gasteiger partial charge in [-0.3, -0.25) is 9.59 Å². The van der Waals surface area contributed by atoms with E-state index in [2.05, 4.69) is 15.9 Å². The first-order valence-electron chi connectivity index (χ1n) is 5.29. The number of hydrogen-bond acceptors (Lipinski definition) is 2. The molecule has 0 N–H and O–H groups in total. The van der Waals surface area contributed by atoms with E-state index in [1.807, 2.05) is 25.1 Å². The third kappa shape index (κ3) is 2.34. The average molecular weight is 297 g/mol. The molecular formula is C12H13BrN2O2. The lowest BCUT2D eigenvalue weighted by atomic mass is 10.2. The molecule has 0 spiro atoms. The summed E-state index contributed by atoms with van der Waals surface area (Å²) >= 11 is 3.43. The van der Waals surface area contributed by atoms with Crippen LogP contribution in [0.25, 0.3) is 0 Å². The third-order valence-corrected chi connectivity index (χ3v) is 3.71. The Labute approximate surface area is 108 Å². The van der Waals surface area contributed by atoms with Crippen LogP contribution in [0.2, 0.25) is 0 Å². The molecule has 0 saturated carbocycles. The van der Waals surface area contributed by atoms with Crippen molar-refractivity contribution in [2.75, 3.05) is 25.0 Å². The molecule has 0 bridgehead atoms. The van der Waals surface area contributed by atoms with Gasteiger partial charge in [0.25, 0.3) is 0 Å². The summed E-state index contributed by atoms with van der Waals surface area (Å²) in [5.74, 6) is -0.0934. The highest BCUT2D eigenvalue weighted by Crippen LogP contribution is 2.24. The van der Waals surface area contributed by atoms with E-state index in [1.54, 1.807) is 7.05 Å². The summed E-state index contributed by atoms with van der Waals surface area (Å²) < 4.78 is 0.939. The topological polar surface area (TPSA) is 40.6 Å². The predicted octanol–water partition coefficient (Wildman–Crippen LogP) is 1.56. The normalized spacial score (nSPS) is 16.6. The highest BCUT2D eigenvalue weighted by Gasteiger charge is 2.28. The Morgan fingerprint density at radius 3 is 2.53 bits per heavy atom. The molecule has 1 saturated heterocycles. The van der Waals surface area contributed by atoms with Crippen molar-refractivity contribution in [1.82, 2.24) is 4.90 Å². The molecule has 1 aromatic carbocycles. The van der Waals surface area contributed by atoms with E-state index in [-0.39, 0.29) is 24.9 Å². The average Bonchev–Trinajstić information content (AvgIpc) is 2.27. The van der Waals surface area contributed by atoms with Crippen molar-refractivity contribution in [1.29, 1.82) is 0 Å². The number of aryl methyl sites for hydroxylation is 1. The van der Waals surface area contributed by atoms with Gasteiger partial charge in [-0.15, -0.1) is 0 Å². The zero-order valence-electron chi connectivity index (χ0n) is 9.74. The van der Waals surface area contributed by atoms with Gasteiger partial charge in [-0.1, -0.05) is 22.0 Å². The van der Waals surface area contributed by atoms with Crippen LogP contribution in [0.15, 0.2) is 22.7 Å². The molecule has 17 heavy (non-hydrogen) atoms. The summed E-state index contributed by atoms with van der Waals surface area (Å²) in [6.45, 7) is 2.24. The van der Waals surface area contributed by atoms with Crippen molar-refractivity contribution in [3.63, 3.8) is 0 Å². The van der Waals surface area contributed by atoms with Crippen LogP contribution in [0, 0.1) is 6.92 Å². The molecule has 1 aromatic rings. The summed E-state index contributed by atoms with van der Waals surface area (Å²) in [6, 6.07) is 5.65. The second kappa shape index (κ2) is 4.49. The first-order valence-corrected chi connectivity index (χ1v) is 6.09. The Hall–Kier alpha value is -1.36. The number of nitrogens with zero attached hydrogens (tertiary/aromatic N) is 2. The lowest BCUT2D eigenvalue weighted by Crippen LogP contribution is -2.52. The summed E-state index contributed by atoms with van der Waals surface area (Å²) in [7, 11) is 1.64. The van der Waals surface area contributed by atoms with Gasteiger partial charge in [0.2, 0.25) is 11.8 Å². The second-order valence-corrected chi connectivity index (χ2v) is 5.02. The second-order valence-electron chi connectivity index (χ2n) is 4.16. The van der Waals surface area contributed by atoms with Gasteiger partial charge in [0.05, 0.1) is 6.54 Å². The van der Waals surface area contributed by atoms with Gasteiger partial charge in [-0.05, 0) is 24.6 Å². The Bertz CT molecular complexity index is 487. The molecule has 0 unspecified atom stereocenters. The number of rotatable bonds is 1. The number of benzene rings is 1. The fraction of sp³-hybridized carbons (Fsp3) is 0.333. The number of carbonyl (C=O) groups excluding carboxylic acids is 2. The Morgan fingerprint density at radius 1 is 1.18 bits per heavy atom.